The van der Waals surface area contributed by atoms with Crippen LogP contribution in [-0.4, -0.2) is 36.5 Å². The normalized spacial score (nSPS) is 12.3. The number of rotatable bonds is 6. The Bertz CT molecular complexity index is 422. The molecule has 4 N–H and O–H groups in total. The molecule has 1 aromatic carbocycles. The molecule has 0 aliphatic heterocycles. The third-order valence-electron chi connectivity index (χ3n) is 2.42. The number of nitro groups is 1. The maximum atomic E-state index is 11.1. The molecule has 7 heteroatoms. The first-order valence-electron chi connectivity index (χ1n) is 5.61. The van der Waals surface area contributed by atoms with Crippen molar-refractivity contribution in [2.75, 3.05) is 31.4 Å². The number of hydrazine groups is 1. The number of hydrogen-bond donors (Lipinski definition) is 3. The topological polar surface area (TPSA) is 96.5 Å². The molecule has 0 radical (unpaired) electrons. The molecule has 0 aliphatic rings. The van der Waals surface area contributed by atoms with Crippen LogP contribution in [0.25, 0.3) is 0 Å². The van der Waals surface area contributed by atoms with E-state index in [4.69, 9.17) is 5.84 Å². The molecule has 1 rings (SSSR count). The van der Waals surface area contributed by atoms with Gasteiger partial charge in [-0.25, -0.2) is 0 Å². The summed E-state index contributed by atoms with van der Waals surface area (Å²) >= 11 is 0. The number of nitrogen functional groups attached to an aromatic ring is 1. The van der Waals surface area contributed by atoms with Crippen LogP contribution in [0.5, 0.6) is 0 Å². The lowest BCUT2D eigenvalue weighted by Crippen LogP contribution is -2.30. The number of hydrogen-bond acceptors (Lipinski definition) is 6. The average molecular weight is 253 g/mol. The van der Waals surface area contributed by atoms with Crippen molar-refractivity contribution in [1.29, 1.82) is 0 Å². The number of nitrogens with one attached hydrogen (secondary N) is 2. The van der Waals surface area contributed by atoms with Gasteiger partial charge in [0.15, 0.2) is 0 Å². The summed E-state index contributed by atoms with van der Waals surface area (Å²) in [5.41, 5.74) is 3.06. The summed E-state index contributed by atoms with van der Waals surface area (Å²) in [5, 5.41) is 14.2. The van der Waals surface area contributed by atoms with Crippen LogP contribution in [-0.2, 0) is 0 Å². The summed E-state index contributed by atoms with van der Waals surface area (Å²) < 4.78 is 0. The maximum Gasteiger partial charge on any atom is 0.316 e. The Kier molecular flexibility index (Phi) is 4.87. The van der Waals surface area contributed by atoms with Gasteiger partial charge in [0, 0.05) is 12.6 Å². The summed E-state index contributed by atoms with van der Waals surface area (Å²) in [6.07, 6.45) is 0. The van der Waals surface area contributed by atoms with Gasteiger partial charge in [0.25, 0.3) is 0 Å². The van der Waals surface area contributed by atoms with Crippen LogP contribution in [0.4, 0.5) is 17.1 Å². The van der Waals surface area contributed by atoms with Crippen molar-refractivity contribution in [3.8, 4) is 0 Å². The standard InChI is InChI=1S/C11H19N5O2/c1-8(7-15(2)3)13-9-5-4-6-10(14-12)11(9)16(17)18/h4-6,8,13-14H,7,12H2,1-3H3. The molecule has 18 heavy (non-hydrogen) atoms. The van der Waals surface area contributed by atoms with E-state index in [0.717, 1.165) is 6.54 Å². The highest BCUT2D eigenvalue weighted by Gasteiger charge is 2.20. The van der Waals surface area contributed by atoms with Gasteiger partial charge in [-0.15, -0.1) is 0 Å². The number of likely N-dealkylation sites (N-methyl/N-ethyl adjacent to an activating group) is 1. The van der Waals surface area contributed by atoms with Gasteiger partial charge in [-0.2, -0.15) is 0 Å². The van der Waals surface area contributed by atoms with E-state index in [0.29, 0.717) is 11.4 Å². The van der Waals surface area contributed by atoms with Gasteiger partial charge >= 0.3 is 5.69 Å². The van der Waals surface area contributed by atoms with Gasteiger partial charge in [0.2, 0.25) is 0 Å². The van der Waals surface area contributed by atoms with Crippen molar-refractivity contribution >= 4 is 17.1 Å². The molecule has 0 saturated heterocycles. The third kappa shape index (κ3) is 3.57. The number of benzene rings is 1. The molecule has 0 saturated carbocycles. The van der Waals surface area contributed by atoms with Crippen LogP contribution in [0.3, 0.4) is 0 Å². The van der Waals surface area contributed by atoms with Gasteiger partial charge in [-0.05, 0) is 33.2 Å². The fourth-order valence-electron chi connectivity index (χ4n) is 1.83. The fourth-order valence-corrected chi connectivity index (χ4v) is 1.83. The molecule has 1 aromatic rings. The Hall–Kier alpha value is -1.86. The molecule has 0 aromatic heterocycles. The van der Waals surface area contributed by atoms with E-state index in [2.05, 4.69) is 10.7 Å². The van der Waals surface area contributed by atoms with Crippen LogP contribution >= 0.6 is 0 Å². The average Bonchev–Trinajstić information content (AvgIpc) is 2.26. The Morgan fingerprint density at radius 3 is 2.56 bits per heavy atom. The van der Waals surface area contributed by atoms with Crippen molar-refractivity contribution in [2.24, 2.45) is 5.84 Å². The third-order valence-corrected chi connectivity index (χ3v) is 2.42. The van der Waals surface area contributed by atoms with E-state index in [1.54, 1.807) is 18.2 Å². The lowest BCUT2D eigenvalue weighted by molar-refractivity contribution is -0.383. The molecule has 100 valence electrons. The van der Waals surface area contributed by atoms with Crippen LogP contribution in [0.1, 0.15) is 6.92 Å². The predicted molar refractivity (Wildman–Crippen MR) is 72.5 cm³/mol. The predicted octanol–water partition coefficient (Wildman–Crippen LogP) is 1.24. The minimum Gasteiger partial charge on any atom is -0.376 e. The Labute approximate surface area is 106 Å². The summed E-state index contributed by atoms with van der Waals surface area (Å²) in [5.74, 6) is 5.28. The molecule has 1 unspecified atom stereocenters. The SMILES string of the molecule is CC(CN(C)C)Nc1cccc(NN)c1[N+](=O)[O-]. The largest absolute Gasteiger partial charge is 0.376 e. The van der Waals surface area contributed by atoms with E-state index in [1.165, 1.54) is 0 Å². The van der Waals surface area contributed by atoms with Crippen LogP contribution in [0, 0.1) is 10.1 Å². The number of nitrogens with zero attached hydrogens (tertiary/aromatic N) is 2. The fraction of sp³-hybridized carbons (Fsp3) is 0.455. The van der Waals surface area contributed by atoms with Crippen LogP contribution in [0.2, 0.25) is 0 Å². The first-order valence-corrected chi connectivity index (χ1v) is 5.61. The maximum absolute atomic E-state index is 11.1. The van der Waals surface area contributed by atoms with Crippen LogP contribution < -0.4 is 16.6 Å². The van der Waals surface area contributed by atoms with E-state index in [-0.39, 0.29) is 11.7 Å². The number of para-hydroxylation sites is 1. The van der Waals surface area contributed by atoms with Crippen molar-refractivity contribution in [2.45, 2.75) is 13.0 Å². The second-order valence-corrected chi connectivity index (χ2v) is 4.41. The number of nitro benzene ring substituents is 1. The van der Waals surface area contributed by atoms with Crippen molar-refractivity contribution in [3.05, 3.63) is 28.3 Å². The van der Waals surface area contributed by atoms with E-state index in [1.807, 2.05) is 25.9 Å². The lowest BCUT2D eigenvalue weighted by atomic mass is 10.2. The second-order valence-electron chi connectivity index (χ2n) is 4.41. The highest BCUT2D eigenvalue weighted by Crippen LogP contribution is 2.32. The summed E-state index contributed by atoms with van der Waals surface area (Å²) in [7, 11) is 3.90. The lowest BCUT2D eigenvalue weighted by Gasteiger charge is -2.19. The monoisotopic (exact) mass is 253 g/mol. The van der Waals surface area contributed by atoms with E-state index >= 15 is 0 Å². The Morgan fingerprint density at radius 2 is 2.06 bits per heavy atom. The smallest absolute Gasteiger partial charge is 0.316 e. The highest BCUT2D eigenvalue weighted by molar-refractivity contribution is 5.76. The molecule has 7 nitrogen and oxygen atoms in total. The van der Waals surface area contributed by atoms with E-state index in [9.17, 15) is 10.1 Å². The van der Waals surface area contributed by atoms with Gasteiger partial charge in [-0.1, -0.05) is 6.07 Å². The summed E-state index contributed by atoms with van der Waals surface area (Å²) in [6.45, 7) is 2.74. The summed E-state index contributed by atoms with van der Waals surface area (Å²) in [4.78, 5) is 12.6. The molecule has 0 fully saturated rings. The molecule has 0 aliphatic carbocycles. The van der Waals surface area contributed by atoms with Crippen molar-refractivity contribution in [1.82, 2.24) is 4.90 Å². The number of anilines is 2. The molecule has 0 heterocycles. The minimum absolute atomic E-state index is 0.0365. The van der Waals surface area contributed by atoms with Gasteiger partial charge in [0.05, 0.1) is 4.92 Å². The number of nitrogens with two attached hydrogens (primary N) is 1. The molecule has 0 amide bonds. The van der Waals surface area contributed by atoms with Crippen molar-refractivity contribution < 1.29 is 4.92 Å². The second kappa shape index (κ2) is 6.18. The van der Waals surface area contributed by atoms with Crippen LogP contribution in [0.15, 0.2) is 18.2 Å². The zero-order valence-electron chi connectivity index (χ0n) is 10.8. The molecular formula is C11H19N5O2. The first kappa shape index (κ1) is 14.2. The Morgan fingerprint density at radius 1 is 1.44 bits per heavy atom. The van der Waals surface area contributed by atoms with Crippen molar-refractivity contribution in [3.63, 3.8) is 0 Å². The van der Waals surface area contributed by atoms with Gasteiger partial charge in [0.1, 0.15) is 11.4 Å². The van der Waals surface area contributed by atoms with E-state index < -0.39 is 4.92 Å². The highest BCUT2D eigenvalue weighted by atomic mass is 16.6. The zero-order valence-corrected chi connectivity index (χ0v) is 10.8. The minimum atomic E-state index is -0.445. The zero-order chi connectivity index (χ0) is 13.7. The molecule has 0 bridgehead atoms. The van der Waals surface area contributed by atoms with Gasteiger partial charge < -0.3 is 15.6 Å². The van der Waals surface area contributed by atoms with Gasteiger partial charge in [-0.3, -0.25) is 16.0 Å². The molecule has 0 spiro atoms. The first-order chi connectivity index (χ1) is 8.45. The quantitative estimate of drug-likeness (QED) is 0.401. The molecular weight excluding hydrogens is 234 g/mol. The Balaban J connectivity index is 2.98. The summed E-state index contributed by atoms with van der Waals surface area (Å²) in [6, 6.07) is 5.05. The molecule has 1 atom stereocenters.